The fourth-order valence-corrected chi connectivity index (χ4v) is 4.36. The number of nitrogens with two attached hydrogens (primary N) is 1. The van der Waals surface area contributed by atoms with E-state index in [0.717, 1.165) is 0 Å². The molecule has 0 saturated heterocycles. The first-order chi connectivity index (χ1) is 10.8. The summed E-state index contributed by atoms with van der Waals surface area (Å²) in [4.78, 5) is 11.2. The van der Waals surface area contributed by atoms with Gasteiger partial charge in [-0.2, -0.15) is 0 Å². The van der Waals surface area contributed by atoms with E-state index in [1.54, 1.807) is 38.1 Å². The molecule has 0 fully saturated rings. The molecule has 0 bridgehead atoms. The first-order valence-electron chi connectivity index (χ1n) is 7.55. The summed E-state index contributed by atoms with van der Waals surface area (Å²) in [5.41, 5.74) is 6.40. The lowest BCUT2D eigenvalue weighted by Gasteiger charge is -2.27. The van der Waals surface area contributed by atoms with Gasteiger partial charge >= 0.3 is 7.60 Å². The average molecular weight is 344 g/mol. The second-order valence-corrected chi connectivity index (χ2v) is 7.21. The number of benzene rings is 1. The molecule has 0 spiro atoms. The van der Waals surface area contributed by atoms with E-state index in [9.17, 15) is 14.6 Å². The van der Waals surface area contributed by atoms with Crippen LogP contribution in [0.2, 0.25) is 0 Å². The van der Waals surface area contributed by atoms with Crippen LogP contribution in [0.15, 0.2) is 24.3 Å². The Labute approximate surface area is 136 Å². The van der Waals surface area contributed by atoms with E-state index in [1.165, 1.54) is 6.92 Å². The van der Waals surface area contributed by atoms with E-state index in [0.29, 0.717) is 16.3 Å². The highest BCUT2D eigenvalue weighted by Gasteiger charge is 2.37. The molecular formula is C15H25N2O5P. The van der Waals surface area contributed by atoms with E-state index >= 15 is 0 Å². The first kappa shape index (κ1) is 19.6. The lowest BCUT2D eigenvalue weighted by Crippen LogP contribution is -2.27. The summed E-state index contributed by atoms with van der Waals surface area (Å²) < 4.78 is 24.0. The number of rotatable bonds is 9. The third kappa shape index (κ3) is 5.62. The van der Waals surface area contributed by atoms with Gasteiger partial charge < -0.3 is 14.8 Å². The van der Waals surface area contributed by atoms with E-state index in [1.807, 2.05) is 0 Å². The van der Waals surface area contributed by atoms with Gasteiger partial charge in [-0.1, -0.05) is 12.1 Å². The maximum atomic E-state index is 13.1. The lowest BCUT2D eigenvalue weighted by atomic mass is 10.1. The number of amides is 1. The third-order valence-corrected chi connectivity index (χ3v) is 5.83. The second kappa shape index (κ2) is 9.03. The molecule has 8 heteroatoms. The average Bonchev–Trinajstić information content (AvgIpc) is 2.47. The van der Waals surface area contributed by atoms with Crippen LogP contribution in [0, 0.1) is 0 Å². The van der Waals surface area contributed by atoms with Crippen molar-refractivity contribution in [1.82, 2.24) is 5.06 Å². The largest absolute Gasteiger partial charge is 0.399 e. The van der Waals surface area contributed by atoms with Gasteiger partial charge in [0.1, 0.15) is 0 Å². The van der Waals surface area contributed by atoms with Crippen LogP contribution >= 0.6 is 7.60 Å². The minimum absolute atomic E-state index is 0.0128. The molecular weight excluding hydrogens is 319 g/mol. The molecule has 1 atom stereocenters. The van der Waals surface area contributed by atoms with E-state index in [2.05, 4.69) is 0 Å². The Morgan fingerprint density at radius 1 is 1.35 bits per heavy atom. The molecule has 23 heavy (non-hydrogen) atoms. The highest BCUT2D eigenvalue weighted by Crippen LogP contribution is 2.62. The Bertz CT molecular complexity index is 557. The van der Waals surface area contributed by atoms with Crippen LogP contribution in [-0.2, 0) is 18.4 Å². The lowest BCUT2D eigenvalue weighted by molar-refractivity contribution is -0.162. The maximum absolute atomic E-state index is 13.1. The molecule has 0 aromatic heterocycles. The van der Waals surface area contributed by atoms with E-state index in [-0.39, 0.29) is 26.2 Å². The number of hydroxylamine groups is 2. The van der Waals surface area contributed by atoms with Gasteiger partial charge in [-0.15, -0.1) is 0 Å². The molecule has 130 valence electrons. The summed E-state index contributed by atoms with van der Waals surface area (Å²) in [5.74, 6) is -0.487. The zero-order valence-corrected chi connectivity index (χ0v) is 14.7. The molecule has 1 aromatic carbocycles. The highest BCUT2D eigenvalue weighted by molar-refractivity contribution is 7.54. The van der Waals surface area contributed by atoms with Gasteiger partial charge in [-0.3, -0.25) is 14.6 Å². The van der Waals surface area contributed by atoms with Crippen LogP contribution in [0.1, 0.15) is 38.4 Å². The molecule has 7 nitrogen and oxygen atoms in total. The van der Waals surface area contributed by atoms with Crippen LogP contribution in [-0.4, -0.2) is 35.9 Å². The Morgan fingerprint density at radius 2 is 1.96 bits per heavy atom. The Balaban J connectivity index is 3.13. The number of carbonyl (C=O) groups excluding carboxylic acids is 1. The maximum Gasteiger partial charge on any atom is 0.338 e. The van der Waals surface area contributed by atoms with Crippen LogP contribution in [0.3, 0.4) is 0 Å². The highest BCUT2D eigenvalue weighted by atomic mass is 31.2. The van der Waals surface area contributed by atoms with Crippen molar-refractivity contribution in [2.24, 2.45) is 0 Å². The van der Waals surface area contributed by atoms with Crippen molar-refractivity contribution in [3.63, 3.8) is 0 Å². The number of anilines is 1. The predicted octanol–water partition coefficient (Wildman–Crippen LogP) is 3.20. The summed E-state index contributed by atoms with van der Waals surface area (Å²) in [5, 5.41) is 10.2. The van der Waals surface area contributed by atoms with Gasteiger partial charge in [0.15, 0.2) is 0 Å². The van der Waals surface area contributed by atoms with Crippen LogP contribution in [0.5, 0.6) is 0 Å². The Morgan fingerprint density at radius 3 is 2.43 bits per heavy atom. The molecule has 0 saturated carbocycles. The van der Waals surface area contributed by atoms with Crippen LogP contribution in [0.4, 0.5) is 5.69 Å². The second-order valence-electron chi connectivity index (χ2n) is 4.99. The molecule has 1 amide bonds. The number of nitrogen functional groups attached to an aromatic ring is 1. The third-order valence-electron chi connectivity index (χ3n) is 3.27. The molecule has 1 unspecified atom stereocenters. The van der Waals surface area contributed by atoms with Gasteiger partial charge in [0, 0.05) is 19.2 Å². The summed E-state index contributed by atoms with van der Waals surface area (Å²) >= 11 is 0. The van der Waals surface area contributed by atoms with Crippen LogP contribution < -0.4 is 5.73 Å². The fourth-order valence-electron chi connectivity index (χ4n) is 2.25. The quantitative estimate of drug-likeness (QED) is 0.309. The summed E-state index contributed by atoms with van der Waals surface area (Å²) in [6, 6.07) is 6.95. The predicted molar refractivity (Wildman–Crippen MR) is 88.2 cm³/mol. The van der Waals surface area contributed by atoms with Crippen molar-refractivity contribution < 1.29 is 23.6 Å². The Kier molecular flexibility index (Phi) is 7.72. The molecule has 0 aliphatic carbocycles. The minimum atomic E-state index is -3.46. The van der Waals surface area contributed by atoms with Gasteiger partial charge in [0.25, 0.3) is 0 Å². The molecule has 3 N–H and O–H groups in total. The monoisotopic (exact) mass is 344 g/mol. The molecule has 0 aliphatic rings. The molecule has 0 heterocycles. The first-order valence-corrected chi connectivity index (χ1v) is 9.16. The van der Waals surface area contributed by atoms with E-state index < -0.39 is 19.2 Å². The topological polar surface area (TPSA) is 102 Å². The zero-order chi connectivity index (χ0) is 17.5. The minimum Gasteiger partial charge on any atom is -0.399 e. The van der Waals surface area contributed by atoms with Crippen molar-refractivity contribution in [2.75, 3.05) is 25.5 Å². The molecule has 0 radical (unpaired) electrons. The number of hydrogen-bond acceptors (Lipinski definition) is 6. The number of nitrogens with zero attached hydrogens (tertiary/aromatic N) is 1. The molecule has 0 aliphatic heterocycles. The summed E-state index contributed by atoms with van der Waals surface area (Å²) in [6.07, 6.45) is 0.219. The van der Waals surface area contributed by atoms with Crippen molar-refractivity contribution >= 4 is 19.2 Å². The Hall–Kier alpha value is -1.40. The van der Waals surface area contributed by atoms with Crippen molar-refractivity contribution in [3.8, 4) is 0 Å². The standard InChI is InChI=1S/C15H25N2O5P/c1-4-21-23(20,22-5-2)15(9-10-17(19)12(3)18)13-7-6-8-14(16)11-13/h6-8,11,15,19H,4-5,9-10,16H2,1-3H3. The van der Waals surface area contributed by atoms with Gasteiger partial charge in [0.2, 0.25) is 5.91 Å². The number of carbonyl (C=O) groups is 1. The normalized spacial score (nSPS) is 12.9. The van der Waals surface area contributed by atoms with Crippen molar-refractivity contribution in [1.29, 1.82) is 0 Å². The summed E-state index contributed by atoms with van der Waals surface area (Å²) in [6.45, 7) is 5.18. The van der Waals surface area contributed by atoms with Crippen molar-refractivity contribution in [2.45, 2.75) is 32.9 Å². The zero-order valence-electron chi connectivity index (χ0n) is 13.8. The molecule has 1 aromatic rings. The van der Waals surface area contributed by atoms with Gasteiger partial charge in [-0.05, 0) is 38.0 Å². The van der Waals surface area contributed by atoms with E-state index in [4.69, 9.17) is 14.8 Å². The van der Waals surface area contributed by atoms with Gasteiger partial charge in [0.05, 0.1) is 18.9 Å². The SMILES string of the molecule is CCOP(=O)(OCC)C(CCN(O)C(C)=O)c1cccc(N)c1. The van der Waals surface area contributed by atoms with Gasteiger partial charge in [-0.25, -0.2) is 5.06 Å². The summed E-state index contributed by atoms with van der Waals surface area (Å²) in [7, 11) is -3.46. The smallest absolute Gasteiger partial charge is 0.338 e. The molecule has 1 rings (SSSR count). The fraction of sp³-hybridized carbons (Fsp3) is 0.533. The number of hydrogen-bond donors (Lipinski definition) is 2. The van der Waals surface area contributed by atoms with Crippen molar-refractivity contribution in [3.05, 3.63) is 29.8 Å². The van der Waals surface area contributed by atoms with Crippen LogP contribution in [0.25, 0.3) is 0 Å².